The highest BCUT2D eigenvalue weighted by molar-refractivity contribution is 6.34. The first-order valence-electron chi connectivity index (χ1n) is 20.9. The maximum Gasteiger partial charge on any atom is 0.328 e. The lowest BCUT2D eigenvalue weighted by molar-refractivity contribution is -0.220. The Bertz CT molecular complexity index is 2500. The minimum absolute atomic E-state index is 0.0716. The number of fused-ring (bicyclic) bond motifs is 2. The highest BCUT2D eigenvalue weighted by atomic mass is 35.5. The van der Waals surface area contributed by atoms with E-state index in [4.69, 9.17) is 22.3 Å². The van der Waals surface area contributed by atoms with Crippen LogP contribution < -0.4 is 31.6 Å². The fraction of sp³-hybridized carbons (Fsp3) is 0.409. The van der Waals surface area contributed by atoms with Crippen molar-refractivity contribution < 1.29 is 28.0 Å². The van der Waals surface area contributed by atoms with Gasteiger partial charge in [-0.05, 0) is 78.9 Å². The number of hydrogen-bond donors (Lipinski definition) is 4. The van der Waals surface area contributed by atoms with Crippen LogP contribution in [-0.4, -0.2) is 107 Å². The molecule has 6 aliphatic rings. The monoisotopic (exact) mass is 867 g/mol. The van der Waals surface area contributed by atoms with E-state index in [-0.39, 0.29) is 67.2 Å². The van der Waals surface area contributed by atoms with Crippen LogP contribution in [-0.2, 0) is 17.8 Å². The van der Waals surface area contributed by atoms with E-state index in [0.29, 0.717) is 12.4 Å². The second-order valence-corrected chi connectivity index (χ2v) is 17.4. The summed E-state index contributed by atoms with van der Waals surface area (Å²) in [6.45, 7) is 3.16. The summed E-state index contributed by atoms with van der Waals surface area (Å²) in [5, 5.41) is 5.61. The number of imide groups is 1. The Hall–Kier alpha value is -6.07. The Labute approximate surface area is 362 Å². The van der Waals surface area contributed by atoms with Crippen LogP contribution in [0.1, 0.15) is 75.5 Å². The summed E-state index contributed by atoms with van der Waals surface area (Å²) in [6.07, 6.45) is 10.5. The van der Waals surface area contributed by atoms with Crippen molar-refractivity contribution in [1.29, 1.82) is 0 Å². The zero-order valence-electron chi connectivity index (χ0n) is 34.5. The molecular formula is C44H48ClF2N11O4. The van der Waals surface area contributed by atoms with E-state index in [0.717, 1.165) is 52.3 Å². The number of rotatable bonds is 8. The molecule has 324 valence electrons. The van der Waals surface area contributed by atoms with Crippen molar-refractivity contribution in [2.24, 2.45) is 11.1 Å². The number of anilines is 2. The average molecular weight is 868 g/mol. The van der Waals surface area contributed by atoms with Crippen LogP contribution in [0.25, 0.3) is 17.0 Å². The molecular weight excluding hydrogens is 820 g/mol. The normalized spacial score (nSPS) is 20.8. The summed E-state index contributed by atoms with van der Waals surface area (Å²) in [7, 11) is 1.81. The molecule has 7 heterocycles. The van der Waals surface area contributed by atoms with Crippen LogP contribution in [0.4, 0.5) is 25.0 Å². The van der Waals surface area contributed by atoms with E-state index in [1.807, 2.05) is 43.3 Å². The maximum atomic E-state index is 15.9. The van der Waals surface area contributed by atoms with Crippen LogP contribution in [0.2, 0.25) is 5.02 Å². The number of pyridine rings is 1. The fourth-order valence-electron chi connectivity index (χ4n) is 9.06. The molecule has 5 amide bonds. The number of carbonyl (C=O) groups is 4. The third kappa shape index (κ3) is 7.61. The number of benzene rings is 2. The van der Waals surface area contributed by atoms with E-state index in [2.05, 4.69) is 38.1 Å². The number of piperidine rings is 1. The van der Waals surface area contributed by atoms with Crippen LogP contribution in [0, 0.1) is 12.3 Å². The van der Waals surface area contributed by atoms with E-state index in [1.54, 1.807) is 4.68 Å². The molecule has 0 radical (unpaired) electrons. The number of amides is 5. The van der Waals surface area contributed by atoms with Crippen molar-refractivity contribution in [3.8, 4) is 11.3 Å². The van der Waals surface area contributed by atoms with Gasteiger partial charge in [0.05, 0.1) is 40.3 Å². The number of urea groups is 1. The first-order chi connectivity index (χ1) is 29.7. The van der Waals surface area contributed by atoms with Gasteiger partial charge in [-0.1, -0.05) is 36.9 Å². The average Bonchev–Trinajstić information content (AvgIpc) is 3.96. The molecule has 18 heteroatoms. The number of likely N-dealkylation sites (tertiary alicyclic amines) is 2. The predicted molar refractivity (Wildman–Crippen MR) is 230 cm³/mol. The minimum atomic E-state index is -3.12. The molecule has 1 unspecified atom stereocenters. The lowest BCUT2D eigenvalue weighted by Gasteiger charge is -2.57. The van der Waals surface area contributed by atoms with Gasteiger partial charge in [-0.3, -0.25) is 39.9 Å². The molecule has 15 nitrogen and oxygen atoms in total. The largest absolute Gasteiger partial charge is 0.385 e. The standard InChI is InChI=1S/C41H42ClF2N11O4.C3H6/c1-23-13-27(26-7-10-53(31(26)14-23)34-16-30(46-2)37-48-18-33(36(45)57)55(37)50-34)29-6-3-24(17-47-29)19-51-20-40(21-51)9-12-52(22-41(40,43)44)38(58)25-4-5-28(42)32(15-25)54-11-8-35(56)49-39(54)59;1-2-3-1/h3-6,13-18,34,46,50H,7-12,19-22H2,1-2H3,(H2,45,57)(H,49,56,59);1-3H2. The van der Waals surface area contributed by atoms with Crippen molar-refractivity contribution in [2.75, 3.05) is 61.5 Å². The Morgan fingerprint density at radius 2 is 1.76 bits per heavy atom. The van der Waals surface area contributed by atoms with Crippen molar-refractivity contribution in [1.82, 2.24) is 35.1 Å². The van der Waals surface area contributed by atoms with Gasteiger partial charge in [-0.2, -0.15) is 0 Å². The second kappa shape index (κ2) is 16.0. The quantitative estimate of drug-likeness (QED) is 0.186. The maximum absolute atomic E-state index is 15.9. The van der Waals surface area contributed by atoms with E-state index in [9.17, 15) is 19.2 Å². The van der Waals surface area contributed by atoms with Gasteiger partial charge in [0.1, 0.15) is 11.9 Å². The molecule has 0 bridgehead atoms. The fourth-order valence-corrected chi connectivity index (χ4v) is 9.28. The van der Waals surface area contributed by atoms with Gasteiger partial charge in [0, 0.05) is 75.7 Å². The number of aromatic nitrogens is 3. The summed E-state index contributed by atoms with van der Waals surface area (Å²) < 4.78 is 33.5. The lowest BCUT2D eigenvalue weighted by atomic mass is 9.69. The molecule has 4 aromatic rings. The van der Waals surface area contributed by atoms with Crippen molar-refractivity contribution in [2.45, 2.75) is 64.1 Å². The molecule has 3 saturated heterocycles. The number of imidazole rings is 1. The third-order valence-corrected chi connectivity index (χ3v) is 12.8. The molecule has 4 fully saturated rings. The first kappa shape index (κ1) is 41.3. The molecule has 1 spiro atoms. The smallest absolute Gasteiger partial charge is 0.328 e. The SMILES string of the molecule is C1CC1.CNC1=CC(N2CCc3c(-c4ccc(CN5CC6(CCN(C(=O)c7ccc(Cl)c(N8CCC(=O)NC8=O)c7)CC6(F)F)C5)cn4)cc(C)cc32)Nn2c(C(N)=O)cnc21. The topological polar surface area (TPSA) is 174 Å². The number of nitrogens with zero attached hydrogens (tertiary/aromatic N) is 7. The zero-order chi connectivity index (χ0) is 43.5. The summed E-state index contributed by atoms with van der Waals surface area (Å²) >= 11 is 6.34. The Morgan fingerprint density at radius 1 is 0.968 bits per heavy atom. The van der Waals surface area contributed by atoms with Gasteiger partial charge in [0.25, 0.3) is 17.7 Å². The van der Waals surface area contributed by atoms with Crippen LogP contribution in [0.5, 0.6) is 0 Å². The van der Waals surface area contributed by atoms with Crippen LogP contribution >= 0.6 is 11.6 Å². The zero-order valence-corrected chi connectivity index (χ0v) is 35.3. The number of alkyl halides is 2. The van der Waals surface area contributed by atoms with E-state index >= 15 is 8.78 Å². The van der Waals surface area contributed by atoms with Crippen LogP contribution in [0.15, 0.2) is 60.9 Å². The second-order valence-electron chi connectivity index (χ2n) is 17.0. The first-order valence-corrected chi connectivity index (χ1v) is 21.3. The third-order valence-electron chi connectivity index (χ3n) is 12.5. The van der Waals surface area contributed by atoms with Crippen molar-refractivity contribution in [3.63, 3.8) is 0 Å². The van der Waals surface area contributed by atoms with Gasteiger partial charge in [-0.25, -0.2) is 23.2 Å². The highest BCUT2D eigenvalue weighted by Crippen LogP contribution is 2.51. The number of primary amides is 1. The molecule has 5 N–H and O–H groups in total. The molecule has 62 heavy (non-hydrogen) atoms. The van der Waals surface area contributed by atoms with E-state index in [1.165, 1.54) is 53.5 Å². The molecule has 2 aromatic carbocycles. The highest BCUT2D eigenvalue weighted by Gasteiger charge is 2.62. The molecule has 5 aliphatic heterocycles. The van der Waals surface area contributed by atoms with Gasteiger partial charge < -0.3 is 20.9 Å². The number of halogens is 3. The molecule has 1 atom stereocenters. The van der Waals surface area contributed by atoms with Gasteiger partial charge in [0.15, 0.2) is 5.82 Å². The van der Waals surface area contributed by atoms with E-state index < -0.39 is 41.6 Å². The number of hydrogen-bond acceptors (Lipinski definition) is 10. The summed E-state index contributed by atoms with van der Waals surface area (Å²) in [6, 6.07) is 11.9. The Kier molecular flexibility index (Phi) is 10.7. The summed E-state index contributed by atoms with van der Waals surface area (Å²) in [5.74, 6) is -4.11. The predicted octanol–water partition coefficient (Wildman–Crippen LogP) is 5.11. The van der Waals surface area contributed by atoms with Gasteiger partial charge in [0.2, 0.25) is 5.91 Å². The Balaban J connectivity index is 0.00000157. The van der Waals surface area contributed by atoms with Crippen LogP contribution in [0.3, 0.4) is 0 Å². The van der Waals surface area contributed by atoms with Crippen molar-refractivity contribution in [3.05, 3.63) is 99.7 Å². The number of nitrogens with one attached hydrogen (secondary N) is 3. The summed E-state index contributed by atoms with van der Waals surface area (Å²) in [5.41, 5.74) is 15.2. The number of carbonyl (C=O) groups excluding carboxylic acids is 4. The molecule has 2 aromatic heterocycles. The van der Waals surface area contributed by atoms with Crippen molar-refractivity contribution >= 4 is 52.4 Å². The molecule has 1 saturated carbocycles. The number of nitrogens with two attached hydrogens (primary N) is 1. The van der Waals surface area contributed by atoms with Gasteiger partial charge >= 0.3 is 6.03 Å². The number of aryl methyl sites for hydroxylation is 1. The molecule has 1 aliphatic carbocycles. The Morgan fingerprint density at radius 3 is 2.44 bits per heavy atom. The molecule has 10 rings (SSSR count). The van der Waals surface area contributed by atoms with Gasteiger partial charge in [-0.15, -0.1) is 0 Å². The summed E-state index contributed by atoms with van der Waals surface area (Å²) in [4.78, 5) is 65.6. The lowest BCUT2D eigenvalue weighted by Crippen LogP contribution is -2.70. The minimum Gasteiger partial charge on any atom is -0.385 e.